The van der Waals surface area contributed by atoms with Crippen LogP contribution in [0.2, 0.25) is 0 Å². The number of fused-ring (bicyclic) bond motifs is 1. The molecule has 0 radical (unpaired) electrons. The molecule has 4 aromatic rings. The molecule has 4 heterocycles. The molecule has 0 spiro atoms. The van der Waals surface area contributed by atoms with E-state index in [2.05, 4.69) is 47.5 Å². The molecule has 2 N–H and O–H groups in total. The molecule has 0 aliphatic carbocycles. The minimum absolute atomic E-state index is 0.0740. The standard InChI is InChI=1S/C26H30FN9O2/c1-5-35-8-10-36(11-9-35)25-28-14-19-22(33-25)23(30-15-29-19)31-18-12-16(6-7-17(18)27)24(37)32-21-13-20(38-34-21)26(2,3)4/h6-7,12-15H,5,8-11H2,1-4H3,(H,29,30,31)(H,32,34,37). The van der Waals surface area contributed by atoms with Gasteiger partial charge in [0, 0.05) is 43.2 Å². The average Bonchev–Trinajstić information content (AvgIpc) is 3.39. The monoisotopic (exact) mass is 519 g/mol. The first-order valence-electron chi connectivity index (χ1n) is 12.5. The van der Waals surface area contributed by atoms with Crippen molar-refractivity contribution >= 4 is 40.2 Å². The highest BCUT2D eigenvalue weighted by Crippen LogP contribution is 2.27. The van der Waals surface area contributed by atoms with Crippen LogP contribution in [-0.2, 0) is 5.41 Å². The topological polar surface area (TPSA) is 125 Å². The predicted octanol–water partition coefficient (Wildman–Crippen LogP) is 3.98. The number of aromatic nitrogens is 5. The van der Waals surface area contributed by atoms with Gasteiger partial charge in [-0.25, -0.2) is 24.3 Å². The van der Waals surface area contributed by atoms with E-state index in [1.54, 1.807) is 12.3 Å². The van der Waals surface area contributed by atoms with Crippen LogP contribution in [0.5, 0.6) is 0 Å². The molecule has 0 unspecified atom stereocenters. The number of nitrogens with zero attached hydrogens (tertiary/aromatic N) is 7. The van der Waals surface area contributed by atoms with Crippen LogP contribution in [0.1, 0.15) is 43.8 Å². The number of amides is 1. The summed E-state index contributed by atoms with van der Waals surface area (Å²) in [4.78, 5) is 35.1. The van der Waals surface area contributed by atoms with Gasteiger partial charge in [0.25, 0.3) is 5.91 Å². The normalized spacial score (nSPS) is 14.6. The zero-order valence-corrected chi connectivity index (χ0v) is 21.8. The molecule has 1 amide bonds. The fourth-order valence-corrected chi connectivity index (χ4v) is 4.12. The number of benzene rings is 1. The Labute approximate surface area is 219 Å². The summed E-state index contributed by atoms with van der Waals surface area (Å²) in [6.07, 6.45) is 3.00. The quantitative estimate of drug-likeness (QED) is 0.386. The molecule has 1 aliphatic heterocycles. The molecular formula is C26H30FN9O2. The predicted molar refractivity (Wildman–Crippen MR) is 142 cm³/mol. The Hall–Kier alpha value is -4.19. The lowest BCUT2D eigenvalue weighted by atomic mass is 9.93. The van der Waals surface area contributed by atoms with Gasteiger partial charge in [-0.05, 0) is 24.7 Å². The molecule has 0 saturated carbocycles. The van der Waals surface area contributed by atoms with Gasteiger partial charge in [0.05, 0.1) is 11.9 Å². The number of anilines is 4. The van der Waals surface area contributed by atoms with Gasteiger partial charge < -0.3 is 25.0 Å². The van der Waals surface area contributed by atoms with E-state index in [1.165, 1.54) is 24.5 Å². The van der Waals surface area contributed by atoms with Gasteiger partial charge in [0.2, 0.25) is 5.95 Å². The Morgan fingerprint density at radius 2 is 1.89 bits per heavy atom. The zero-order chi connectivity index (χ0) is 26.9. The van der Waals surface area contributed by atoms with Crippen LogP contribution < -0.4 is 15.5 Å². The Balaban J connectivity index is 1.38. The fourth-order valence-electron chi connectivity index (χ4n) is 4.12. The van der Waals surface area contributed by atoms with Crippen LogP contribution >= 0.6 is 0 Å². The lowest BCUT2D eigenvalue weighted by Crippen LogP contribution is -2.46. The van der Waals surface area contributed by atoms with Crippen LogP contribution in [0.15, 0.2) is 41.3 Å². The highest BCUT2D eigenvalue weighted by Gasteiger charge is 2.22. The number of hydrogen-bond donors (Lipinski definition) is 2. The van der Waals surface area contributed by atoms with Crippen LogP contribution in [-0.4, -0.2) is 68.6 Å². The first kappa shape index (κ1) is 25.5. The number of rotatable bonds is 6. The van der Waals surface area contributed by atoms with E-state index >= 15 is 0 Å². The van der Waals surface area contributed by atoms with E-state index in [-0.39, 0.29) is 22.5 Å². The summed E-state index contributed by atoms with van der Waals surface area (Å²) >= 11 is 0. The van der Waals surface area contributed by atoms with Crippen molar-refractivity contribution in [2.45, 2.75) is 33.1 Å². The molecule has 3 aromatic heterocycles. The van der Waals surface area contributed by atoms with Crippen molar-refractivity contribution in [3.63, 3.8) is 0 Å². The maximum atomic E-state index is 14.8. The minimum Gasteiger partial charge on any atom is -0.359 e. The maximum absolute atomic E-state index is 14.8. The summed E-state index contributed by atoms with van der Waals surface area (Å²) in [5, 5.41) is 9.59. The van der Waals surface area contributed by atoms with Crippen LogP contribution in [0.4, 0.5) is 27.7 Å². The zero-order valence-electron chi connectivity index (χ0n) is 21.8. The van der Waals surface area contributed by atoms with Crippen molar-refractivity contribution in [3.05, 3.63) is 53.9 Å². The number of hydrogen-bond acceptors (Lipinski definition) is 10. The Morgan fingerprint density at radius 3 is 2.61 bits per heavy atom. The minimum atomic E-state index is -0.547. The highest BCUT2D eigenvalue weighted by molar-refractivity contribution is 6.04. The summed E-state index contributed by atoms with van der Waals surface area (Å²) in [5.74, 6) is 0.804. The summed E-state index contributed by atoms with van der Waals surface area (Å²) in [7, 11) is 0. The number of halogens is 1. The molecule has 198 valence electrons. The molecule has 38 heavy (non-hydrogen) atoms. The van der Waals surface area contributed by atoms with E-state index in [1.807, 2.05) is 20.8 Å². The molecule has 5 rings (SSSR count). The van der Waals surface area contributed by atoms with Crippen LogP contribution in [0.3, 0.4) is 0 Å². The van der Waals surface area contributed by atoms with E-state index in [0.717, 1.165) is 32.7 Å². The first-order valence-corrected chi connectivity index (χ1v) is 12.5. The third-order valence-electron chi connectivity index (χ3n) is 6.44. The molecule has 0 bridgehead atoms. The molecule has 11 nitrogen and oxygen atoms in total. The van der Waals surface area contributed by atoms with Crippen molar-refractivity contribution in [3.8, 4) is 0 Å². The average molecular weight is 520 g/mol. The van der Waals surface area contributed by atoms with Crippen molar-refractivity contribution < 1.29 is 13.7 Å². The Bertz CT molecular complexity index is 1460. The number of carbonyl (C=O) groups is 1. The second-order valence-corrected chi connectivity index (χ2v) is 10.1. The summed E-state index contributed by atoms with van der Waals surface area (Å²) < 4.78 is 20.1. The Morgan fingerprint density at radius 1 is 1.11 bits per heavy atom. The van der Waals surface area contributed by atoms with Gasteiger partial charge in [0.15, 0.2) is 11.6 Å². The van der Waals surface area contributed by atoms with Gasteiger partial charge in [0.1, 0.15) is 28.9 Å². The van der Waals surface area contributed by atoms with E-state index in [4.69, 9.17) is 9.51 Å². The molecule has 1 aliphatic rings. The summed E-state index contributed by atoms with van der Waals surface area (Å²) in [6, 6.07) is 5.70. The maximum Gasteiger partial charge on any atom is 0.256 e. The van der Waals surface area contributed by atoms with Crippen LogP contribution in [0, 0.1) is 5.82 Å². The number of likely N-dealkylation sites (N-methyl/N-ethyl adjacent to an activating group) is 1. The van der Waals surface area contributed by atoms with Gasteiger partial charge in [-0.1, -0.05) is 32.9 Å². The van der Waals surface area contributed by atoms with Gasteiger partial charge >= 0.3 is 0 Å². The van der Waals surface area contributed by atoms with E-state index in [0.29, 0.717) is 28.6 Å². The van der Waals surface area contributed by atoms with Gasteiger partial charge in [-0.3, -0.25) is 4.79 Å². The molecular weight excluding hydrogens is 489 g/mol. The molecule has 12 heteroatoms. The number of piperazine rings is 1. The molecule has 1 fully saturated rings. The van der Waals surface area contributed by atoms with E-state index in [9.17, 15) is 9.18 Å². The number of nitrogens with one attached hydrogen (secondary N) is 2. The second-order valence-electron chi connectivity index (χ2n) is 10.1. The Kier molecular flexibility index (Phi) is 6.89. The third kappa shape index (κ3) is 5.40. The van der Waals surface area contributed by atoms with Crippen molar-refractivity contribution in [1.82, 2.24) is 30.0 Å². The molecule has 1 aromatic carbocycles. The van der Waals surface area contributed by atoms with E-state index < -0.39 is 11.7 Å². The van der Waals surface area contributed by atoms with Gasteiger partial charge in [-0.15, -0.1) is 0 Å². The van der Waals surface area contributed by atoms with Crippen molar-refractivity contribution in [1.29, 1.82) is 0 Å². The van der Waals surface area contributed by atoms with Crippen molar-refractivity contribution in [2.24, 2.45) is 0 Å². The third-order valence-corrected chi connectivity index (χ3v) is 6.44. The largest absolute Gasteiger partial charge is 0.359 e. The molecule has 1 saturated heterocycles. The highest BCUT2D eigenvalue weighted by atomic mass is 19.1. The fraction of sp³-hybridized carbons (Fsp3) is 0.385. The smallest absolute Gasteiger partial charge is 0.256 e. The number of carbonyl (C=O) groups excluding carboxylic acids is 1. The summed E-state index contributed by atoms with van der Waals surface area (Å²) in [6.45, 7) is 12.6. The second kappa shape index (κ2) is 10.3. The lowest BCUT2D eigenvalue weighted by molar-refractivity contribution is 0.102. The summed E-state index contributed by atoms with van der Waals surface area (Å²) in [5.41, 5.74) is 1.04. The van der Waals surface area contributed by atoms with Crippen LogP contribution in [0.25, 0.3) is 11.0 Å². The lowest BCUT2D eigenvalue weighted by Gasteiger charge is -2.34. The van der Waals surface area contributed by atoms with Gasteiger partial charge in [-0.2, -0.15) is 0 Å². The van der Waals surface area contributed by atoms with Crippen molar-refractivity contribution in [2.75, 3.05) is 48.3 Å². The SMILES string of the molecule is CCN1CCN(c2ncc3ncnc(Nc4cc(C(=O)Nc5cc(C(C)(C)C)on5)ccc4F)c3n2)CC1. The molecule has 0 atom stereocenters. The first-order chi connectivity index (χ1) is 18.2.